The average molecular weight is 538 g/mol. The van der Waals surface area contributed by atoms with E-state index in [0.29, 0.717) is 16.4 Å². The quantitative estimate of drug-likeness (QED) is 0.449. The highest BCUT2D eigenvalue weighted by Crippen LogP contribution is 2.25. The number of nitrogens with one attached hydrogen (secondary N) is 2. The summed E-state index contributed by atoms with van der Waals surface area (Å²) >= 11 is 5.99. The molecule has 1 amide bonds. The van der Waals surface area contributed by atoms with Crippen LogP contribution >= 0.6 is 11.6 Å². The second kappa shape index (κ2) is 10.2. The lowest BCUT2D eigenvalue weighted by atomic mass is 10.2. The van der Waals surface area contributed by atoms with Crippen molar-refractivity contribution in [1.29, 1.82) is 0 Å². The first kappa shape index (κ1) is 26.4. The molecule has 0 fully saturated rings. The van der Waals surface area contributed by atoms with Gasteiger partial charge < -0.3 is 5.32 Å². The Morgan fingerprint density at radius 2 is 1.57 bits per heavy atom. The minimum absolute atomic E-state index is 0.0458. The zero-order chi connectivity index (χ0) is 26.0. The maximum atomic E-state index is 12.8. The van der Waals surface area contributed by atoms with E-state index in [4.69, 9.17) is 11.6 Å². The molecule has 0 saturated heterocycles. The highest BCUT2D eigenvalue weighted by Gasteiger charge is 2.29. The summed E-state index contributed by atoms with van der Waals surface area (Å²) < 4.78 is 53.5. The van der Waals surface area contributed by atoms with Gasteiger partial charge in [-0.25, -0.2) is 31.5 Å². The average Bonchev–Trinajstić information content (AvgIpc) is 2.72. The van der Waals surface area contributed by atoms with Crippen molar-refractivity contribution in [3.8, 4) is 0 Å². The summed E-state index contributed by atoms with van der Waals surface area (Å²) in [6.45, 7) is 4.88. The molecule has 0 aliphatic rings. The summed E-state index contributed by atoms with van der Waals surface area (Å²) in [5, 5.41) is 2.92. The van der Waals surface area contributed by atoms with Crippen LogP contribution in [0, 0.1) is 13.8 Å². The number of amides is 1. The van der Waals surface area contributed by atoms with Gasteiger partial charge in [0.05, 0.1) is 16.8 Å². The number of hydrogen-bond acceptors (Lipinski definition) is 7. The third kappa shape index (κ3) is 6.68. The van der Waals surface area contributed by atoms with Gasteiger partial charge in [-0.2, -0.15) is 0 Å². The molecule has 0 radical (unpaired) electrons. The van der Waals surface area contributed by atoms with E-state index in [-0.39, 0.29) is 22.2 Å². The summed E-state index contributed by atoms with van der Waals surface area (Å²) in [6, 6.07) is 12.1. The lowest BCUT2D eigenvalue weighted by Crippen LogP contribution is -2.45. The Kier molecular flexibility index (Phi) is 7.68. The predicted molar refractivity (Wildman–Crippen MR) is 136 cm³/mol. The number of carbonyl (C=O) groups excluding carboxylic acids is 1. The molecule has 35 heavy (non-hydrogen) atoms. The number of sulfonamides is 2. The first-order valence-corrected chi connectivity index (χ1v) is 14.0. The van der Waals surface area contributed by atoms with Crippen molar-refractivity contribution in [3.63, 3.8) is 0 Å². The Balaban J connectivity index is 1.77. The van der Waals surface area contributed by atoms with Crippen LogP contribution < -0.4 is 14.3 Å². The third-order valence-electron chi connectivity index (χ3n) is 4.79. The number of hydrogen-bond donors (Lipinski definition) is 2. The van der Waals surface area contributed by atoms with E-state index >= 15 is 0 Å². The number of anilines is 3. The highest BCUT2D eigenvalue weighted by molar-refractivity contribution is 7.92. The van der Waals surface area contributed by atoms with Crippen molar-refractivity contribution in [2.45, 2.75) is 31.7 Å². The molecule has 1 heterocycles. The van der Waals surface area contributed by atoms with Gasteiger partial charge in [0.2, 0.25) is 21.9 Å². The Hall–Kier alpha value is -3.22. The number of aromatic nitrogens is 2. The van der Waals surface area contributed by atoms with Crippen LogP contribution in [0.2, 0.25) is 5.02 Å². The smallest absolute Gasteiger partial charge is 0.264 e. The summed E-state index contributed by atoms with van der Waals surface area (Å²) in [6.07, 6.45) is 0.990. The van der Waals surface area contributed by atoms with Gasteiger partial charge in [0.15, 0.2) is 0 Å². The third-order valence-corrected chi connectivity index (χ3v) is 7.61. The number of aryl methyl sites for hydroxylation is 2. The van der Waals surface area contributed by atoms with Crippen molar-refractivity contribution >= 4 is 54.9 Å². The monoisotopic (exact) mass is 537 g/mol. The zero-order valence-corrected chi connectivity index (χ0v) is 21.7. The molecule has 2 aromatic carbocycles. The minimum atomic E-state index is -3.97. The van der Waals surface area contributed by atoms with E-state index in [0.717, 1.165) is 10.6 Å². The summed E-state index contributed by atoms with van der Waals surface area (Å²) in [4.78, 5) is 20.9. The van der Waals surface area contributed by atoms with Crippen molar-refractivity contribution < 1.29 is 21.6 Å². The van der Waals surface area contributed by atoms with Gasteiger partial charge in [-0.15, -0.1) is 0 Å². The summed E-state index contributed by atoms with van der Waals surface area (Å²) in [7, 11) is -7.79. The molecule has 2 N–H and O–H groups in total. The van der Waals surface area contributed by atoms with Gasteiger partial charge in [0.1, 0.15) is 6.04 Å². The van der Waals surface area contributed by atoms with Crippen LogP contribution in [0.15, 0.2) is 59.5 Å². The number of carbonyl (C=O) groups is 1. The molecule has 0 aliphatic carbocycles. The van der Waals surface area contributed by atoms with E-state index in [1.54, 1.807) is 32.0 Å². The van der Waals surface area contributed by atoms with Crippen LogP contribution in [0.25, 0.3) is 0 Å². The fourth-order valence-electron chi connectivity index (χ4n) is 3.34. The first-order valence-electron chi connectivity index (χ1n) is 10.3. The lowest BCUT2D eigenvalue weighted by molar-refractivity contribution is -0.116. The second-order valence-electron chi connectivity index (χ2n) is 7.81. The van der Waals surface area contributed by atoms with Crippen LogP contribution in [0.5, 0.6) is 0 Å². The zero-order valence-electron chi connectivity index (χ0n) is 19.4. The van der Waals surface area contributed by atoms with Gasteiger partial charge in [-0.3, -0.25) is 9.10 Å². The molecule has 3 rings (SSSR count). The maximum Gasteiger partial charge on any atom is 0.264 e. The van der Waals surface area contributed by atoms with E-state index in [9.17, 15) is 21.6 Å². The largest absolute Gasteiger partial charge is 0.324 e. The number of benzene rings is 2. The molecule has 1 atom stereocenters. The molecule has 13 heteroatoms. The fraction of sp³-hybridized carbons (Fsp3) is 0.227. The standard InChI is InChI=1S/C22H24ClN5O5S2/c1-14-12-15(2)25-22(24-14)27-35(32,33)20-10-8-18(9-11-20)26-21(29)16(3)28(34(4,30)31)19-7-5-6-17(23)13-19/h5-13,16H,1-4H3,(H,26,29)(H,24,25,27)/t16-/m0/s1. The van der Waals surface area contributed by atoms with E-state index in [2.05, 4.69) is 20.0 Å². The highest BCUT2D eigenvalue weighted by atomic mass is 35.5. The molecule has 10 nitrogen and oxygen atoms in total. The van der Waals surface area contributed by atoms with Crippen molar-refractivity contribution in [2.24, 2.45) is 0 Å². The molecule has 1 aromatic heterocycles. The molecule has 186 valence electrons. The first-order chi connectivity index (χ1) is 16.3. The maximum absolute atomic E-state index is 12.8. The van der Waals surface area contributed by atoms with Crippen LogP contribution in [0.1, 0.15) is 18.3 Å². The number of nitrogens with zero attached hydrogens (tertiary/aromatic N) is 3. The van der Waals surface area contributed by atoms with E-state index < -0.39 is 32.0 Å². The summed E-state index contributed by atoms with van der Waals surface area (Å²) in [5.41, 5.74) is 1.75. The molecule has 3 aromatic rings. The van der Waals surface area contributed by atoms with Crippen LogP contribution in [0.3, 0.4) is 0 Å². The van der Waals surface area contributed by atoms with Crippen LogP contribution in [-0.4, -0.2) is 45.0 Å². The van der Waals surface area contributed by atoms with Gasteiger partial charge in [-0.05, 0) is 69.3 Å². The van der Waals surface area contributed by atoms with Crippen molar-refractivity contribution in [3.05, 3.63) is 71.0 Å². The number of halogens is 1. The van der Waals surface area contributed by atoms with Gasteiger partial charge in [0, 0.05) is 22.1 Å². The number of rotatable bonds is 8. The molecule has 0 aliphatic heterocycles. The normalized spacial score (nSPS) is 12.6. The van der Waals surface area contributed by atoms with Gasteiger partial charge in [-0.1, -0.05) is 17.7 Å². The Morgan fingerprint density at radius 1 is 0.971 bits per heavy atom. The van der Waals surface area contributed by atoms with Crippen molar-refractivity contribution in [2.75, 3.05) is 20.6 Å². The molecule has 0 saturated carbocycles. The molecule has 0 bridgehead atoms. The lowest BCUT2D eigenvalue weighted by Gasteiger charge is -2.28. The topological polar surface area (TPSA) is 138 Å². The van der Waals surface area contributed by atoms with Crippen molar-refractivity contribution in [1.82, 2.24) is 9.97 Å². The molecular weight excluding hydrogens is 514 g/mol. The molecular formula is C22H24ClN5O5S2. The Labute approximate surface area is 209 Å². The molecule has 0 unspecified atom stereocenters. The van der Waals surface area contributed by atoms with E-state index in [1.165, 1.54) is 43.3 Å². The fourth-order valence-corrected chi connectivity index (χ4v) is 5.63. The second-order valence-corrected chi connectivity index (χ2v) is 11.8. The summed E-state index contributed by atoms with van der Waals surface area (Å²) in [5.74, 6) is -0.664. The Morgan fingerprint density at radius 3 is 2.11 bits per heavy atom. The molecule has 0 spiro atoms. The minimum Gasteiger partial charge on any atom is -0.324 e. The van der Waals surface area contributed by atoms with E-state index in [1.807, 2.05) is 0 Å². The Bertz CT molecular complexity index is 1440. The predicted octanol–water partition coefficient (Wildman–Crippen LogP) is 3.34. The van der Waals surface area contributed by atoms with Gasteiger partial charge in [0.25, 0.3) is 10.0 Å². The van der Waals surface area contributed by atoms with Gasteiger partial charge >= 0.3 is 0 Å². The van der Waals surface area contributed by atoms with Crippen LogP contribution in [0.4, 0.5) is 17.3 Å². The SMILES string of the molecule is Cc1cc(C)nc(NS(=O)(=O)c2ccc(NC(=O)[C@H](C)N(c3cccc(Cl)c3)S(C)(=O)=O)cc2)n1. The van der Waals surface area contributed by atoms with Crippen LogP contribution in [-0.2, 0) is 24.8 Å².